The quantitative estimate of drug-likeness (QED) is 0.520. The summed E-state index contributed by atoms with van der Waals surface area (Å²) in [4.78, 5) is 29.7. The van der Waals surface area contributed by atoms with E-state index in [0.717, 1.165) is 0 Å². The molecule has 158 valence electrons. The molecule has 0 aliphatic carbocycles. The van der Waals surface area contributed by atoms with Crippen LogP contribution in [0.2, 0.25) is 0 Å². The maximum Gasteiger partial charge on any atom is 4.00 e. The van der Waals surface area contributed by atoms with E-state index in [1.54, 1.807) is 62.3 Å². The number of carbonyl (C=O) groups is 3. The number of hydrogen-bond acceptors (Lipinski definition) is 6. The number of rotatable bonds is 0. The van der Waals surface area contributed by atoms with Crippen molar-refractivity contribution in [2.45, 2.75) is 69.2 Å². The van der Waals surface area contributed by atoms with Gasteiger partial charge in [0.2, 0.25) is 0 Å². The Hall–Kier alpha value is -1.36. The fourth-order valence-corrected chi connectivity index (χ4v) is 0.470. The van der Waals surface area contributed by atoms with Crippen molar-refractivity contribution in [3.05, 3.63) is 29.8 Å². The van der Waals surface area contributed by atoms with Gasteiger partial charge in [0.25, 0.3) is 0 Å². The van der Waals surface area contributed by atoms with Gasteiger partial charge in [0.15, 0.2) is 0 Å². The van der Waals surface area contributed by atoms with E-state index < -0.39 is 34.2 Å². The van der Waals surface area contributed by atoms with Gasteiger partial charge in [-0.25, -0.2) is 12.1 Å². The number of hydrogen-bond donors (Lipinski definition) is 0. The number of aryl methyl sites for hydroxylation is 1. The molecule has 0 aliphatic rings. The average molecular weight is 474 g/mol. The molecule has 1 aromatic rings. The van der Waals surface area contributed by atoms with Crippen LogP contribution in [0.3, 0.4) is 0 Å². The summed E-state index contributed by atoms with van der Waals surface area (Å²) < 4.78 is 0. The van der Waals surface area contributed by atoms with Gasteiger partial charge in [-0.2, -0.15) is 17.7 Å². The summed E-state index contributed by atoms with van der Waals surface area (Å²) in [6, 6.07) is 8.24. The van der Waals surface area contributed by atoms with Crippen LogP contribution in [0, 0.1) is 23.2 Å². The zero-order valence-electron chi connectivity index (χ0n) is 18.8. The van der Waals surface area contributed by atoms with E-state index in [4.69, 9.17) is 0 Å². The van der Waals surface area contributed by atoms with Crippen LogP contribution in [-0.2, 0) is 40.6 Å². The minimum absolute atomic E-state index is 0. The first-order valence-corrected chi connectivity index (χ1v) is 8.55. The fourth-order valence-electron chi connectivity index (χ4n) is 0.470. The Balaban J connectivity index is -0.000000136. The summed E-state index contributed by atoms with van der Waals surface area (Å²) in [5, 5.41) is 29.7. The van der Waals surface area contributed by atoms with Crippen LogP contribution in [0.25, 0.3) is 0 Å². The molecule has 7 heteroatoms. The molecule has 0 fully saturated rings. The van der Waals surface area contributed by atoms with Crippen LogP contribution < -0.4 is 15.3 Å². The topological polar surface area (TPSA) is 120 Å². The molecule has 0 unspecified atom stereocenters. The molecule has 0 saturated carbocycles. The normalized spacial score (nSPS) is 10.4. The smallest absolute Gasteiger partial charge is 0.550 e. The number of carboxylic acid groups (broad SMARTS) is 3. The van der Waals surface area contributed by atoms with Crippen LogP contribution in [-0.4, -0.2) is 17.9 Å². The molecule has 0 radical (unpaired) electrons. The Morgan fingerprint density at radius 1 is 0.607 bits per heavy atom. The molecule has 1 rings (SSSR count). The van der Waals surface area contributed by atoms with E-state index in [1.807, 2.05) is 12.1 Å². The van der Waals surface area contributed by atoms with E-state index in [1.165, 1.54) is 5.56 Å². The van der Waals surface area contributed by atoms with Gasteiger partial charge in [-0.05, 0) is 0 Å². The van der Waals surface area contributed by atoms with Crippen LogP contribution in [0.1, 0.15) is 67.9 Å². The maximum atomic E-state index is 9.91. The van der Waals surface area contributed by atoms with Crippen LogP contribution in [0.5, 0.6) is 0 Å². The Morgan fingerprint density at radius 3 is 0.786 bits per heavy atom. The third-order valence-corrected chi connectivity index (χ3v) is 2.67. The molecule has 0 spiro atoms. The molecular formula is C21H34O6Zr. The minimum atomic E-state index is -1.01. The Morgan fingerprint density at radius 2 is 0.750 bits per heavy atom. The van der Waals surface area contributed by atoms with Gasteiger partial charge < -0.3 is 29.7 Å². The second kappa shape index (κ2) is 14.6. The molecule has 28 heavy (non-hydrogen) atoms. The van der Waals surface area contributed by atoms with E-state index in [-0.39, 0.29) is 26.2 Å². The Labute approximate surface area is 188 Å². The van der Waals surface area contributed by atoms with Gasteiger partial charge in [-0.3, -0.25) is 0 Å². The van der Waals surface area contributed by atoms with Crippen LogP contribution in [0.4, 0.5) is 0 Å². The standard InChI is InChI=1S/C6H7.3C5H10O2.Zr/c1-6-4-2-3-5-6;3*1-5(2,3)4(6)7;/h2-5H,1H3;3*1-3H3,(H,6,7);/q-1;;;;+4/p-3. The average Bonchev–Trinajstić information content (AvgIpc) is 2.88. The van der Waals surface area contributed by atoms with Crippen molar-refractivity contribution in [2.75, 3.05) is 0 Å². The molecule has 0 N–H and O–H groups in total. The predicted molar refractivity (Wildman–Crippen MR) is 100 cm³/mol. The first-order chi connectivity index (χ1) is 11.7. The van der Waals surface area contributed by atoms with Crippen molar-refractivity contribution in [1.82, 2.24) is 0 Å². The monoisotopic (exact) mass is 472 g/mol. The Kier molecular flexibility index (Phi) is 17.8. The molecule has 0 aliphatic heterocycles. The maximum absolute atomic E-state index is 9.91. The van der Waals surface area contributed by atoms with Crippen molar-refractivity contribution < 1.29 is 55.9 Å². The van der Waals surface area contributed by atoms with Crippen molar-refractivity contribution in [3.8, 4) is 0 Å². The molecule has 0 amide bonds. The molecule has 6 nitrogen and oxygen atoms in total. The number of carbonyl (C=O) groups excluding carboxylic acids is 3. The van der Waals surface area contributed by atoms with Gasteiger partial charge >= 0.3 is 26.2 Å². The first-order valence-electron chi connectivity index (χ1n) is 8.55. The van der Waals surface area contributed by atoms with Crippen molar-refractivity contribution >= 4 is 17.9 Å². The van der Waals surface area contributed by atoms with Crippen molar-refractivity contribution in [3.63, 3.8) is 0 Å². The molecular weight excluding hydrogens is 439 g/mol. The van der Waals surface area contributed by atoms with E-state index in [0.29, 0.717) is 0 Å². The van der Waals surface area contributed by atoms with E-state index in [9.17, 15) is 29.7 Å². The zero-order valence-corrected chi connectivity index (χ0v) is 21.2. The zero-order chi connectivity index (χ0) is 22.6. The Bertz CT molecular complexity index is 498. The molecule has 0 heterocycles. The van der Waals surface area contributed by atoms with Crippen molar-refractivity contribution in [1.29, 1.82) is 0 Å². The third-order valence-electron chi connectivity index (χ3n) is 2.67. The summed E-state index contributed by atoms with van der Waals surface area (Å²) in [5.41, 5.74) is -0.741. The summed E-state index contributed by atoms with van der Waals surface area (Å²) in [6.07, 6.45) is 0. The number of aliphatic carboxylic acids is 3. The molecule has 0 aromatic heterocycles. The van der Waals surface area contributed by atoms with Gasteiger partial charge in [-0.1, -0.05) is 69.2 Å². The van der Waals surface area contributed by atoms with Gasteiger partial charge in [0, 0.05) is 34.2 Å². The van der Waals surface area contributed by atoms with Gasteiger partial charge in [-0.15, -0.1) is 0 Å². The van der Waals surface area contributed by atoms with Crippen LogP contribution in [0.15, 0.2) is 24.3 Å². The van der Waals surface area contributed by atoms with Crippen molar-refractivity contribution in [2.24, 2.45) is 16.2 Å². The summed E-state index contributed by atoms with van der Waals surface area (Å²) in [5.74, 6) is -3.02. The molecule has 0 saturated heterocycles. The van der Waals surface area contributed by atoms with E-state index in [2.05, 4.69) is 19.1 Å². The molecule has 1 aromatic carbocycles. The third kappa shape index (κ3) is 24.6. The summed E-state index contributed by atoms with van der Waals surface area (Å²) in [6.45, 7) is 16.5. The first kappa shape index (κ1) is 34.2. The van der Waals surface area contributed by atoms with Gasteiger partial charge in [0.1, 0.15) is 0 Å². The van der Waals surface area contributed by atoms with E-state index >= 15 is 0 Å². The largest absolute Gasteiger partial charge is 4.00 e. The summed E-state index contributed by atoms with van der Waals surface area (Å²) in [7, 11) is 0. The minimum Gasteiger partial charge on any atom is -0.550 e. The molecule has 0 atom stereocenters. The summed E-state index contributed by atoms with van der Waals surface area (Å²) >= 11 is 0. The SMILES string of the molecule is CC(C)(C)C(=O)[O-].CC(C)(C)C(=O)[O-].CC(C)(C)C(=O)[O-].C[c-]1cccc1.[Zr+4]. The van der Waals surface area contributed by atoms with Crippen LogP contribution >= 0.6 is 0 Å². The van der Waals surface area contributed by atoms with Gasteiger partial charge in [0.05, 0.1) is 0 Å². The fraction of sp³-hybridized carbons (Fsp3) is 0.619. The second-order valence-electron chi connectivity index (χ2n) is 9.07. The predicted octanol–water partition coefficient (Wildman–Crippen LogP) is 1.06. The second-order valence-corrected chi connectivity index (χ2v) is 9.07. The number of carboxylic acids is 3. The molecule has 0 bridgehead atoms.